The smallest absolute Gasteiger partial charge is 0.0541 e. The lowest BCUT2D eigenvalue weighted by Gasteiger charge is -2.15. The summed E-state index contributed by atoms with van der Waals surface area (Å²) < 4.78 is 4.77. The number of para-hydroxylation sites is 4. The number of rotatable bonds is 4. The first-order valence-corrected chi connectivity index (χ1v) is 16.5. The third-order valence-electron chi connectivity index (χ3n) is 9.92. The van der Waals surface area contributed by atoms with Crippen molar-refractivity contribution in [1.82, 2.24) is 9.13 Å². The van der Waals surface area contributed by atoms with Crippen LogP contribution in [0.1, 0.15) is 0 Å². The van der Waals surface area contributed by atoms with Crippen molar-refractivity contribution in [2.24, 2.45) is 0 Å². The second-order valence-electron chi connectivity index (χ2n) is 12.5. The lowest BCUT2D eigenvalue weighted by molar-refractivity contribution is 1.18. The third-order valence-corrected chi connectivity index (χ3v) is 9.92. The molecule has 0 amide bonds. The summed E-state index contributed by atoms with van der Waals surface area (Å²) in [4.78, 5) is 0. The average Bonchev–Trinajstić information content (AvgIpc) is 3.68. The van der Waals surface area contributed by atoms with Crippen molar-refractivity contribution in [3.63, 3.8) is 0 Å². The zero-order valence-electron chi connectivity index (χ0n) is 26.2. The van der Waals surface area contributed by atoms with Gasteiger partial charge in [-0.3, -0.25) is 0 Å². The van der Waals surface area contributed by atoms with E-state index < -0.39 is 0 Å². The molecule has 224 valence electrons. The molecule has 2 nitrogen and oxygen atoms in total. The van der Waals surface area contributed by atoms with Gasteiger partial charge in [-0.25, -0.2) is 0 Å². The van der Waals surface area contributed by atoms with E-state index in [4.69, 9.17) is 0 Å². The third kappa shape index (κ3) is 4.00. The van der Waals surface area contributed by atoms with Gasteiger partial charge in [0.1, 0.15) is 0 Å². The van der Waals surface area contributed by atoms with Gasteiger partial charge >= 0.3 is 0 Å². The normalized spacial score (nSPS) is 11.8. The van der Waals surface area contributed by atoms with Crippen LogP contribution >= 0.6 is 0 Å². The summed E-state index contributed by atoms with van der Waals surface area (Å²) in [5.41, 5.74) is 12.1. The van der Waals surface area contributed by atoms with Gasteiger partial charge in [0.05, 0.1) is 22.1 Å². The van der Waals surface area contributed by atoms with Crippen LogP contribution in [0.25, 0.3) is 88.0 Å². The van der Waals surface area contributed by atoms with Gasteiger partial charge in [0, 0.05) is 32.9 Å². The van der Waals surface area contributed by atoms with Gasteiger partial charge in [-0.2, -0.15) is 0 Å². The van der Waals surface area contributed by atoms with Crippen LogP contribution in [0.5, 0.6) is 0 Å². The molecule has 0 spiro atoms. The highest BCUT2D eigenvalue weighted by Gasteiger charge is 2.15. The molecule has 0 fully saturated rings. The molecule has 0 bridgehead atoms. The van der Waals surface area contributed by atoms with Crippen molar-refractivity contribution in [3.05, 3.63) is 182 Å². The van der Waals surface area contributed by atoms with Crippen LogP contribution in [-0.2, 0) is 0 Å². The molecule has 0 radical (unpaired) electrons. The second-order valence-corrected chi connectivity index (χ2v) is 12.5. The lowest BCUT2D eigenvalue weighted by Crippen LogP contribution is -1.95. The first-order chi connectivity index (χ1) is 23.8. The summed E-state index contributed by atoms with van der Waals surface area (Å²) in [6.07, 6.45) is 0. The maximum atomic E-state index is 2.40. The molecule has 0 saturated heterocycles. The summed E-state index contributed by atoms with van der Waals surface area (Å²) in [5, 5.41) is 7.60. The minimum Gasteiger partial charge on any atom is -0.309 e. The van der Waals surface area contributed by atoms with Crippen LogP contribution in [0, 0.1) is 0 Å². The monoisotopic (exact) mass is 610 g/mol. The summed E-state index contributed by atoms with van der Waals surface area (Å²) in [6, 6.07) is 66.2. The quantitative estimate of drug-likeness (QED) is 0.188. The number of hydrogen-bond acceptors (Lipinski definition) is 0. The van der Waals surface area contributed by atoms with Crippen molar-refractivity contribution in [2.75, 3.05) is 0 Å². The van der Waals surface area contributed by atoms with E-state index in [2.05, 4.69) is 191 Å². The number of fused-ring (bicyclic) bond motifs is 7. The lowest BCUT2D eigenvalue weighted by atomic mass is 9.91. The maximum absolute atomic E-state index is 2.40. The number of aromatic nitrogens is 2. The van der Waals surface area contributed by atoms with Crippen LogP contribution in [0.2, 0.25) is 0 Å². The zero-order chi connectivity index (χ0) is 31.6. The highest BCUT2D eigenvalue weighted by atomic mass is 15.0. The summed E-state index contributed by atoms with van der Waals surface area (Å²) >= 11 is 0. The van der Waals surface area contributed by atoms with Gasteiger partial charge in [0.25, 0.3) is 0 Å². The van der Waals surface area contributed by atoms with Crippen LogP contribution in [-0.4, -0.2) is 9.13 Å². The Balaban J connectivity index is 1.13. The predicted molar refractivity (Wildman–Crippen MR) is 203 cm³/mol. The molecule has 0 unspecified atom stereocenters. The molecule has 10 rings (SSSR count). The molecule has 0 atom stereocenters. The van der Waals surface area contributed by atoms with Gasteiger partial charge < -0.3 is 9.13 Å². The minimum absolute atomic E-state index is 1.16. The summed E-state index contributed by atoms with van der Waals surface area (Å²) in [5.74, 6) is 0. The van der Waals surface area contributed by atoms with Gasteiger partial charge in [0.15, 0.2) is 0 Å². The fraction of sp³-hybridized carbons (Fsp3) is 0. The van der Waals surface area contributed by atoms with Crippen LogP contribution < -0.4 is 0 Å². The minimum atomic E-state index is 1.16. The molecule has 0 saturated carbocycles. The molecule has 2 heterocycles. The molecule has 0 aliphatic carbocycles. The molecule has 48 heavy (non-hydrogen) atoms. The molecule has 0 aliphatic heterocycles. The Morgan fingerprint density at radius 2 is 0.729 bits per heavy atom. The Labute approximate surface area is 278 Å². The fourth-order valence-electron chi connectivity index (χ4n) is 7.83. The van der Waals surface area contributed by atoms with Crippen LogP contribution in [0.3, 0.4) is 0 Å². The van der Waals surface area contributed by atoms with E-state index in [1.54, 1.807) is 0 Å². The van der Waals surface area contributed by atoms with Crippen molar-refractivity contribution >= 4 is 54.4 Å². The van der Waals surface area contributed by atoms with Crippen molar-refractivity contribution in [2.45, 2.75) is 0 Å². The molecule has 8 aromatic carbocycles. The fourth-order valence-corrected chi connectivity index (χ4v) is 7.83. The molecule has 0 aliphatic rings. The Morgan fingerprint density at radius 1 is 0.292 bits per heavy atom. The van der Waals surface area contributed by atoms with Gasteiger partial charge in [-0.05, 0) is 81.6 Å². The highest BCUT2D eigenvalue weighted by Crippen LogP contribution is 2.39. The summed E-state index contributed by atoms with van der Waals surface area (Å²) in [6.45, 7) is 0. The maximum Gasteiger partial charge on any atom is 0.0541 e. The molecular weight excluding hydrogens is 581 g/mol. The van der Waals surface area contributed by atoms with Crippen LogP contribution in [0.15, 0.2) is 182 Å². The number of benzene rings is 8. The van der Waals surface area contributed by atoms with Crippen molar-refractivity contribution in [3.8, 4) is 33.6 Å². The topological polar surface area (TPSA) is 9.86 Å². The van der Waals surface area contributed by atoms with E-state index >= 15 is 0 Å². The van der Waals surface area contributed by atoms with E-state index in [9.17, 15) is 0 Å². The second kappa shape index (κ2) is 10.6. The Morgan fingerprint density at radius 3 is 1.25 bits per heavy atom. The van der Waals surface area contributed by atoms with Crippen molar-refractivity contribution < 1.29 is 0 Å². The molecular formula is C46H30N2. The molecule has 10 aromatic rings. The van der Waals surface area contributed by atoms with E-state index in [1.165, 1.54) is 76.6 Å². The standard InChI is InChI=1S/C46H30N2/c1-5-22-42-38(16-1)39-17-2-6-23-43(39)47(42)34-28-26-31(27-29-34)36-20-10-12-32-13-11-21-37(46(32)36)33-14-9-15-35(30-33)48-44-24-7-3-18-40(44)41-19-4-8-25-45(41)48/h1-30H. The number of nitrogens with zero attached hydrogens (tertiary/aromatic N) is 2. The van der Waals surface area contributed by atoms with E-state index in [1.807, 2.05) is 0 Å². The zero-order valence-corrected chi connectivity index (χ0v) is 26.2. The largest absolute Gasteiger partial charge is 0.309 e. The first kappa shape index (κ1) is 26.8. The summed E-state index contributed by atoms with van der Waals surface area (Å²) in [7, 11) is 0. The van der Waals surface area contributed by atoms with Crippen molar-refractivity contribution in [1.29, 1.82) is 0 Å². The Hall–Kier alpha value is -6.38. The average molecular weight is 611 g/mol. The van der Waals surface area contributed by atoms with Gasteiger partial charge in [-0.1, -0.05) is 133 Å². The molecule has 2 heteroatoms. The molecule has 2 aromatic heterocycles. The van der Waals surface area contributed by atoms with E-state index in [0.29, 0.717) is 0 Å². The SMILES string of the molecule is c1cc(-c2cccc3cccc(-c4ccc(-n5c6ccccc6c6ccccc65)cc4)c23)cc(-n2c3ccccc3c3ccccc32)c1. The predicted octanol–water partition coefficient (Wildman–Crippen LogP) is 12.4. The van der Waals surface area contributed by atoms with Gasteiger partial charge in [-0.15, -0.1) is 0 Å². The molecule has 0 N–H and O–H groups in total. The first-order valence-electron chi connectivity index (χ1n) is 16.5. The number of hydrogen-bond donors (Lipinski definition) is 0. The van der Waals surface area contributed by atoms with Gasteiger partial charge in [0.2, 0.25) is 0 Å². The highest BCUT2D eigenvalue weighted by molar-refractivity contribution is 6.11. The van der Waals surface area contributed by atoms with Crippen LogP contribution in [0.4, 0.5) is 0 Å². The Bertz CT molecular complexity index is 2720. The van der Waals surface area contributed by atoms with E-state index in [0.717, 1.165) is 11.4 Å². The Kier molecular flexibility index (Phi) is 5.91. The van der Waals surface area contributed by atoms with E-state index in [-0.39, 0.29) is 0 Å².